The number of hydrogen-bond donors (Lipinski definition) is 1. The zero-order valence-electron chi connectivity index (χ0n) is 21.6. The molecule has 0 aliphatic carbocycles. The van der Waals surface area contributed by atoms with Crippen LogP contribution in [0.2, 0.25) is 0 Å². The number of carbonyl (C=O) groups is 2. The van der Waals surface area contributed by atoms with Crippen LogP contribution in [0.5, 0.6) is 5.75 Å². The number of esters is 2. The molecule has 1 aliphatic heterocycles. The quantitative estimate of drug-likeness (QED) is 0.174. The number of nitriles is 1. The summed E-state index contributed by atoms with van der Waals surface area (Å²) in [6.45, 7) is 2.38. The molecule has 1 unspecified atom stereocenters. The molecule has 0 saturated carbocycles. The Bertz CT molecular complexity index is 1380. The van der Waals surface area contributed by atoms with Crippen LogP contribution >= 0.6 is 15.9 Å². The molecule has 0 amide bonds. The highest BCUT2D eigenvalue weighted by molar-refractivity contribution is 9.10. The van der Waals surface area contributed by atoms with E-state index in [-0.39, 0.29) is 28.4 Å². The number of ether oxygens (including phenoxy) is 3. The standard InChI is InChI=1S/C27H27BrN4O7/c1-4-5-9-12-39-21-14-19(20(32(35)36)13-18(21)28)31-24(27(34)38-3)23(26(33)37-2)22(17(15-29)25(31)30)16-10-7-6-8-11-16/h6-8,10-11,13-14,22H,4-5,9,12,30H2,1-3H3. The van der Waals surface area contributed by atoms with E-state index in [1.165, 1.54) is 12.1 Å². The average molecular weight is 599 g/mol. The molecule has 0 aromatic heterocycles. The van der Waals surface area contributed by atoms with E-state index in [4.69, 9.17) is 19.9 Å². The molecule has 204 valence electrons. The SMILES string of the molecule is CCCCCOc1cc(N2C(N)=C(C#N)C(c3ccccc3)C(C(=O)OC)=C2C(=O)OC)c([N+](=O)[O-])cc1Br. The van der Waals surface area contributed by atoms with Crippen LogP contribution < -0.4 is 15.4 Å². The van der Waals surface area contributed by atoms with Gasteiger partial charge in [0.15, 0.2) is 0 Å². The normalized spacial score (nSPS) is 15.1. The summed E-state index contributed by atoms with van der Waals surface area (Å²) in [6.07, 6.45) is 2.63. The van der Waals surface area contributed by atoms with Crippen molar-refractivity contribution in [2.45, 2.75) is 32.1 Å². The number of nitro benzene ring substituents is 1. The highest BCUT2D eigenvalue weighted by atomic mass is 79.9. The smallest absolute Gasteiger partial charge is 0.355 e. The molecule has 2 aromatic rings. The van der Waals surface area contributed by atoms with Crippen LogP contribution in [0.15, 0.2) is 69.6 Å². The Morgan fingerprint density at radius 2 is 1.82 bits per heavy atom. The Labute approximate surface area is 233 Å². The zero-order chi connectivity index (χ0) is 28.7. The van der Waals surface area contributed by atoms with Crippen molar-refractivity contribution in [3.8, 4) is 11.8 Å². The van der Waals surface area contributed by atoms with Crippen LogP contribution in [0, 0.1) is 21.4 Å². The molecule has 1 aliphatic rings. The van der Waals surface area contributed by atoms with E-state index in [0.29, 0.717) is 16.6 Å². The number of carbonyl (C=O) groups excluding carboxylic acids is 2. The molecule has 11 nitrogen and oxygen atoms in total. The summed E-state index contributed by atoms with van der Waals surface area (Å²) in [5.74, 6) is -3.11. The monoisotopic (exact) mass is 598 g/mol. The van der Waals surface area contributed by atoms with Gasteiger partial charge < -0.3 is 19.9 Å². The number of allylic oxidation sites excluding steroid dienone is 1. The van der Waals surface area contributed by atoms with Gasteiger partial charge in [0.05, 0.1) is 53.4 Å². The lowest BCUT2D eigenvalue weighted by molar-refractivity contribution is -0.384. The molecular weight excluding hydrogens is 572 g/mol. The minimum Gasteiger partial charge on any atom is -0.492 e. The van der Waals surface area contributed by atoms with Gasteiger partial charge in [-0.25, -0.2) is 9.59 Å². The Hall–Kier alpha value is -4.37. The van der Waals surface area contributed by atoms with E-state index in [2.05, 4.69) is 15.9 Å². The Kier molecular flexibility index (Phi) is 9.68. The summed E-state index contributed by atoms with van der Waals surface area (Å²) in [7, 11) is 2.21. The summed E-state index contributed by atoms with van der Waals surface area (Å²) in [6, 6.07) is 13.0. The van der Waals surface area contributed by atoms with Crippen molar-refractivity contribution in [1.29, 1.82) is 5.26 Å². The number of methoxy groups -OCH3 is 2. The van der Waals surface area contributed by atoms with Crippen LogP contribution in [0.3, 0.4) is 0 Å². The molecule has 0 radical (unpaired) electrons. The van der Waals surface area contributed by atoms with E-state index in [9.17, 15) is 25.0 Å². The van der Waals surface area contributed by atoms with Crippen molar-refractivity contribution in [2.24, 2.45) is 5.73 Å². The maximum absolute atomic E-state index is 13.3. The van der Waals surface area contributed by atoms with Crippen molar-refractivity contribution < 1.29 is 28.7 Å². The Morgan fingerprint density at radius 3 is 2.38 bits per heavy atom. The van der Waals surface area contributed by atoms with Crippen LogP contribution in [0.25, 0.3) is 0 Å². The number of nitrogens with two attached hydrogens (primary N) is 1. The van der Waals surface area contributed by atoms with Crippen LogP contribution in [0.1, 0.15) is 37.7 Å². The van der Waals surface area contributed by atoms with Crippen molar-refractivity contribution in [1.82, 2.24) is 0 Å². The van der Waals surface area contributed by atoms with Gasteiger partial charge in [-0.2, -0.15) is 5.26 Å². The average Bonchev–Trinajstić information content (AvgIpc) is 2.94. The second-order valence-corrected chi connectivity index (χ2v) is 9.27. The molecule has 12 heteroatoms. The number of unbranched alkanes of at least 4 members (excludes halogenated alkanes) is 2. The molecule has 0 fully saturated rings. The zero-order valence-corrected chi connectivity index (χ0v) is 23.2. The van der Waals surface area contributed by atoms with Crippen LogP contribution in [-0.4, -0.2) is 37.7 Å². The van der Waals surface area contributed by atoms with Gasteiger partial charge in [-0.05, 0) is 27.9 Å². The summed E-state index contributed by atoms with van der Waals surface area (Å²) in [4.78, 5) is 39.0. The van der Waals surface area contributed by atoms with Gasteiger partial charge in [0.25, 0.3) is 5.69 Å². The van der Waals surface area contributed by atoms with Crippen molar-refractivity contribution >= 4 is 39.2 Å². The predicted molar refractivity (Wildman–Crippen MR) is 145 cm³/mol. The highest BCUT2D eigenvalue weighted by Gasteiger charge is 2.44. The lowest BCUT2D eigenvalue weighted by Gasteiger charge is -2.35. The van der Waals surface area contributed by atoms with Crippen molar-refractivity contribution in [3.63, 3.8) is 0 Å². The lowest BCUT2D eigenvalue weighted by atomic mass is 9.81. The van der Waals surface area contributed by atoms with E-state index >= 15 is 0 Å². The minimum absolute atomic E-state index is 0.114. The third kappa shape index (κ3) is 5.88. The first-order valence-electron chi connectivity index (χ1n) is 12.0. The fourth-order valence-corrected chi connectivity index (χ4v) is 4.71. The number of anilines is 1. The van der Waals surface area contributed by atoms with Crippen molar-refractivity contribution in [2.75, 3.05) is 25.7 Å². The molecule has 2 N–H and O–H groups in total. The second kappa shape index (κ2) is 12.9. The molecular formula is C27H27BrN4O7. The van der Waals surface area contributed by atoms with Crippen LogP contribution in [-0.2, 0) is 19.1 Å². The summed E-state index contributed by atoms with van der Waals surface area (Å²) >= 11 is 3.31. The largest absolute Gasteiger partial charge is 0.492 e. The van der Waals surface area contributed by atoms with Gasteiger partial charge in [0.1, 0.15) is 23.0 Å². The lowest BCUT2D eigenvalue weighted by Crippen LogP contribution is -2.41. The third-order valence-electron chi connectivity index (χ3n) is 6.08. The summed E-state index contributed by atoms with van der Waals surface area (Å²) in [5.41, 5.74) is 5.51. The molecule has 0 spiro atoms. The molecule has 2 aromatic carbocycles. The molecule has 3 rings (SSSR count). The van der Waals surface area contributed by atoms with E-state index in [0.717, 1.165) is 38.4 Å². The van der Waals surface area contributed by atoms with E-state index < -0.39 is 34.2 Å². The summed E-state index contributed by atoms with van der Waals surface area (Å²) in [5, 5.41) is 22.3. The molecule has 1 heterocycles. The number of benzene rings is 2. The maximum atomic E-state index is 13.3. The number of hydrogen-bond acceptors (Lipinski definition) is 10. The molecule has 39 heavy (non-hydrogen) atoms. The maximum Gasteiger partial charge on any atom is 0.355 e. The Balaban J connectivity index is 2.39. The van der Waals surface area contributed by atoms with Gasteiger partial charge >= 0.3 is 11.9 Å². The highest BCUT2D eigenvalue weighted by Crippen LogP contribution is 2.47. The minimum atomic E-state index is -1.10. The number of rotatable bonds is 10. The molecule has 0 saturated heterocycles. The molecule has 0 bridgehead atoms. The second-order valence-electron chi connectivity index (χ2n) is 8.42. The number of nitro groups is 1. The van der Waals surface area contributed by atoms with Crippen LogP contribution in [0.4, 0.5) is 11.4 Å². The van der Waals surface area contributed by atoms with Gasteiger partial charge in [-0.1, -0.05) is 50.1 Å². The third-order valence-corrected chi connectivity index (χ3v) is 6.70. The fraction of sp³-hybridized carbons (Fsp3) is 0.296. The number of halogens is 1. The number of nitrogens with zero attached hydrogens (tertiary/aromatic N) is 3. The predicted octanol–water partition coefficient (Wildman–Crippen LogP) is 4.82. The van der Waals surface area contributed by atoms with Gasteiger partial charge in [-0.15, -0.1) is 0 Å². The Morgan fingerprint density at radius 1 is 1.15 bits per heavy atom. The molecule has 1 atom stereocenters. The fourth-order valence-electron chi connectivity index (χ4n) is 4.27. The van der Waals surface area contributed by atoms with Gasteiger partial charge in [-0.3, -0.25) is 15.0 Å². The first-order chi connectivity index (χ1) is 18.7. The summed E-state index contributed by atoms with van der Waals surface area (Å²) < 4.78 is 16.2. The van der Waals surface area contributed by atoms with Gasteiger partial charge in [0.2, 0.25) is 0 Å². The first kappa shape index (κ1) is 29.2. The van der Waals surface area contributed by atoms with E-state index in [1.807, 2.05) is 13.0 Å². The topological polar surface area (TPSA) is 158 Å². The van der Waals surface area contributed by atoms with E-state index in [1.54, 1.807) is 30.3 Å². The van der Waals surface area contributed by atoms with Crippen molar-refractivity contribution in [3.05, 3.63) is 85.3 Å². The first-order valence-corrected chi connectivity index (χ1v) is 12.8. The van der Waals surface area contributed by atoms with Gasteiger partial charge in [0, 0.05) is 12.1 Å².